The summed E-state index contributed by atoms with van der Waals surface area (Å²) in [5, 5.41) is 0.0884. The number of benzene rings is 3. The number of rotatable bonds is 6. The van der Waals surface area contributed by atoms with Crippen LogP contribution in [0, 0.1) is 27.7 Å². The van der Waals surface area contributed by atoms with Crippen molar-refractivity contribution in [1.82, 2.24) is 0 Å². The molecule has 0 radical (unpaired) electrons. The quantitative estimate of drug-likeness (QED) is 0.510. The van der Waals surface area contributed by atoms with Crippen molar-refractivity contribution in [2.24, 2.45) is 0 Å². The maximum Gasteiger partial charge on any atom is 0.263 e. The second-order valence-electron chi connectivity index (χ2n) is 7.44. The summed E-state index contributed by atoms with van der Waals surface area (Å²) in [7, 11) is -7.95. The lowest BCUT2D eigenvalue weighted by Crippen LogP contribution is -2.17. The van der Waals surface area contributed by atoms with E-state index in [1.807, 2.05) is 26.0 Å². The molecule has 0 fully saturated rings. The van der Waals surface area contributed by atoms with Gasteiger partial charge in [-0.3, -0.25) is 9.44 Å². The van der Waals surface area contributed by atoms with Crippen LogP contribution in [0.25, 0.3) is 0 Å². The summed E-state index contributed by atoms with van der Waals surface area (Å²) in [6.45, 7) is 7.22. The maximum atomic E-state index is 12.9. The van der Waals surface area contributed by atoms with Crippen LogP contribution in [0.2, 0.25) is 5.02 Å². The zero-order chi connectivity index (χ0) is 23.0. The van der Waals surface area contributed by atoms with Gasteiger partial charge in [-0.25, -0.2) is 16.8 Å². The van der Waals surface area contributed by atoms with E-state index in [-0.39, 0.29) is 20.5 Å². The highest BCUT2D eigenvalue weighted by Crippen LogP contribution is 2.28. The lowest BCUT2D eigenvalue weighted by Gasteiger charge is -2.15. The van der Waals surface area contributed by atoms with Crippen LogP contribution in [-0.4, -0.2) is 16.8 Å². The van der Waals surface area contributed by atoms with Crippen molar-refractivity contribution in [2.75, 3.05) is 9.44 Å². The second kappa shape index (κ2) is 8.53. The van der Waals surface area contributed by atoms with Crippen LogP contribution in [0.15, 0.2) is 64.4 Å². The van der Waals surface area contributed by atoms with Gasteiger partial charge in [0, 0.05) is 0 Å². The number of aryl methyl sites for hydroxylation is 4. The van der Waals surface area contributed by atoms with Crippen LogP contribution in [0.1, 0.15) is 22.3 Å². The van der Waals surface area contributed by atoms with Gasteiger partial charge in [-0.2, -0.15) is 0 Å². The first-order valence-corrected chi connectivity index (χ1v) is 12.7. The Balaban J connectivity index is 1.96. The minimum Gasteiger partial charge on any atom is -0.279 e. The molecule has 0 aliphatic heterocycles. The van der Waals surface area contributed by atoms with Crippen LogP contribution < -0.4 is 9.44 Å². The van der Waals surface area contributed by atoms with E-state index in [4.69, 9.17) is 11.6 Å². The standard InChI is InChI=1S/C22H23ClN2O4S2/c1-14-5-9-20(17(4)11-14)24-30(26,27)18-8-7-16(3)21(13-18)25-31(28,29)22-10-6-15(2)12-19(22)23/h5-13,24-25H,1-4H3. The summed E-state index contributed by atoms with van der Waals surface area (Å²) in [4.78, 5) is -0.147. The Morgan fingerprint density at radius 1 is 0.645 bits per heavy atom. The van der Waals surface area contributed by atoms with Crippen molar-refractivity contribution in [1.29, 1.82) is 0 Å². The third-order valence-electron chi connectivity index (χ3n) is 4.77. The third-order valence-corrected chi connectivity index (χ3v) is 7.98. The van der Waals surface area contributed by atoms with Crippen molar-refractivity contribution >= 4 is 43.0 Å². The molecule has 0 heterocycles. The Labute approximate surface area is 188 Å². The van der Waals surface area contributed by atoms with Gasteiger partial charge in [-0.05, 0) is 74.7 Å². The van der Waals surface area contributed by atoms with Crippen molar-refractivity contribution in [3.63, 3.8) is 0 Å². The summed E-state index contributed by atoms with van der Waals surface area (Å²) in [5.41, 5.74) is 3.80. The Morgan fingerprint density at radius 2 is 1.26 bits per heavy atom. The van der Waals surface area contributed by atoms with E-state index in [1.165, 1.54) is 18.2 Å². The Kier molecular flexibility index (Phi) is 6.36. The van der Waals surface area contributed by atoms with E-state index in [9.17, 15) is 16.8 Å². The summed E-state index contributed by atoms with van der Waals surface area (Å²) >= 11 is 6.12. The summed E-state index contributed by atoms with van der Waals surface area (Å²) < 4.78 is 56.6. The minimum atomic E-state index is -4.01. The van der Waals surface area contributed by atoms with Crippen LogP contribution in [0.5, 0.6) is 0 Å². The smallest absolute Gasteiger partial charge is 0.263 e. The van der Waals surface area contributed by atoms with E-state index in [1.54, 1.807) is 38.1 Å². The van der Waals surface area contributed by atoms with Gasteiger partial charge < -0.3 is 0 Å². The van der Waals surface area contributed by atoms with Gasteiger partial charge in [-0.15, -0.1) is 0 Å². The van der Waals surface area contributed by atoms with Crippen LogP contribution >= 0.6 is 11.6 Å². The highest BCUT2D eigenvalue weighted by atomic mass is 35.5. The molecule has 0 saturated heterocycles. The molecule has 3 aromatic carbocycles. The fourth-order valence-corrected chi connectivity index (χ4v) is 5.91. The Morgan fingerprint density at radius 3 is 1.90 bits per heavy atom. The largest absolute Gasteiger partial charge is 0.279 e. The molecule has 9 heteroatoms. The molecule has 0 unspecified atom stereocenters. The molecule has 0 atom stereocenters. The van der Waals surface area contributed by atoms with E-state index in [2.05, 4.69) is 9.44 Å². The molecular formula is C22H23ClN2O4S2. The first kappa shape index (κ1) is 23.1. The zero-order valence-electron chi connectivity index (χ0n) is 17.5. The second-order valence-corrected chi connectivity index (χ2v) is 11.2. The first-order valence-electron chi connectivity index (χ1n) is 9.39. The number of halogens is 1. The van der Waals surface area contributed by atoms with Gasteiger partial charge in [-0.1, -0.05) is 41.4 Å². The van der Waals surface area contributed by atoms with Gasteiger partial charge in [0.15, 0.2) is 0 Å². The predicted octanol–water partition coefficient (Wildman–Crippen LogP) is 5.18. The molecule has 0 aliphatic carbocycles. The van der Waals surface area contributed by atoms with Gasteiger partial charge in [0.25, 0.3) is 20.0 Å². The number of anilines is 2. The van der Waals surface area contributed by atoms with Gasteiger partial charge in [0.1, 0.15) is 4.90 Å². The fraction of sp³-hybridized carbons (Fsp3) is 0.182. The molecule has 3 aromatic rings. The highest BCUT2D eigenvalue weighted by Gasteiger charge is 2.21. The molecule has 164 valence electrons. The van der Waals surface area contributed by atoms with Crippen molar-refractivity contribution < 1.29 is 16.8 Å². The van der Waals surface area contributed by atoms with E-state index >= 15 is 0 Å². The third kappa shape index (κ3) is 5.20. The van der Waals surface area contributed by atoms with Crippen molar-refractivity contribution in [2.45, 2.75) is 37.5 Å². The molecule has 3 rings (SSSR count). The molecule has 0 aromatic heterocycles. The van der Waals surface area contributed by atoms with Gasteiger partial charge in [0.05, 0.1) is 21.3 Å². The number of nitrogens with one attached hydrogen (secondary N) is 2. The van der Waals surface area contributed by atoms with Crippen molar-refractivity contribution in [3.05, 3.63) is 81.9 Å². The monoisotopic (exact) mass is 478 g/mol. The summed E-state index contributed by atoms with van der Waals surface area (Å²) in [6.07, 6.45) is 0. The number of hydrogen-bond acceptors (Lipinski definition) is 4. The molecule has 2 N–H and O–H groups in total. The minimum absolute atomic E-state index is 0.0641. The Hall–Kier alpha value is -2.55. The zero-order valence-corrected chi connectivity index (χ0v) is 19.9. The molecular weight excluding hydrogens is 456 g/mol. The Bertz CT molecular complexity index is 1370. The number of hydrogen-bond donors (Lipinski definition) is 2. The maximum absolute atomic E-state index is 12.9. The molecule has 0 bridgehead atoms. The van der Waals surface area contributed by atoms with E-state index in [0.717, 1.165) is 16.7 Å². The van der Waals surface area contributed by atoms with Gasteiger partial charge >= 0.3 is 0 Å². The highest BCUT2D eigenvalue weighted by molar-refractivity contribution is 7.93. The predicted molar refractivity (Wildman–Crippen MR) is 125 cm³/mol. The fourth-order valence-electron chi connectivity index (χ4n) is 3.03. The molecule has 0 saturated carbocycles. The summed E-state index contributed by atoms with van der Waals surface area (Å²) in [6, 6.07) is 14.3. The summed E-state index contributed by atoms with van der Waals surface area (Å²) in [5.74, 6) is 0. The molecule has 6 nitrogen and oxygen atoms in total. The van der Waals surface area contributed by atoms with E-state index in [0.29, 0.717) is 11.3 Å². The molecule has 0 amide bonds. The van der Waals surface area contributed by atoms with Crippen LogP contribution in [0.4, 0.5) is 11.4 Å². The average Bonchev–Trinajstić information content (AvgIpc) is 2.65. The molecule has 0 spiro atoms. The number of sulfonamides is 2. The normalized spacial score (nSPS) is 11.9. The topological polar surface area (TPSA) is 92.3 Å². The van der Waals surface area contributed by atoms with Crippen LogP contribution in [0.3, 0.4) is 0 Å². The molecule has 31 heavy (non-hydrogen) atoms. The average molecular weight is 479 g/mol. The lowest BCUT2D eigenvalue weighted by molar-refractivity contribution is 0.598. The van der Waals surface area contributed by atoms with Crippen molar-refractivity contribution in [3.8, 4) is 0 Å². The van der Waals surface area contributed by atoms with E-state index < -0.39 is 20.0 Å². The lowest BCUT2D eigenvalue weighted by atomic mass is 10.1. The first-order chi connectivity index (χ1) is 14.4. The van der Waals surface area contributed by atoms with Gasteiger partial charge in [0.2, 0.25) is 0 Å². The SMILES string of the molecule is Cc1ccc(NS(=O)(=O)c2ccc(C)c(NS(=O)(=O)c3ccc(C)cc3Cl)c2)c(C)c1. The van der Waals surface area contributed by atoms with Crippen LogP contribution in [-0.2, 0) is 20.0 Å². The molecule has 0 aliphatic rings.